The molecule has 1 amide bonds. The van der Waals surface area contributed by atoms with Crippen molar-refractivity contribution < 1.29 is 68.8 Å². The van der Waals surface area contributed by atoms with E-state index in [9.17, 15) is 54.6 Å². The molecule has 1 fully saturated rings. The van der Waals surface area contributed by atoms with Crippen molar-refractivity contribution in [3.05, 3.63) is 56.6 Å². The van der Waals surface area contributed by atoms with Gasteiger partial charge in [0, 0.05) is 37.3 Å². The number of carbonyl (C=O) groups excluding carboxylic acids is 5. The molecule has 0 spiro atoms. The molecule has 49 heavy (non-hydrogen) atoms. The number of aryl methyl sites for hydroxylation is 1. The number of nitrogens with zero attached hydrogens (tertiary/aromatic N) is 1. The monoisotopic (exact) mass is 682 g/mol. The number of aromatic hydroxyl groups is 2. The molecule has 1 saturated heterocycles. The van der Waals surface area contributed by atoms with Crippen LogP contribution in [0.3, 0.4) is 0 Å². The van der Waals surface area contributed by atoms with E-state index in [4.69, 9.17) is 19.9 Å². The molecule has 0 saturated carbocycles. The Bertz CT molecular complexity index is 1900. The van der Waals surface area contributed by atoms with E-state index in [1.54, 1.807) is 6.92 Å². The molecule has 0 radical (unpaired) electrons. The van der Waals surface area contributed by atoms with Crippen LogP contribution in [-0.4, -0.2) is 122 Å². The van der Waals surface area contributed by atoms with Crippen LogP contribution in [0.1, 0.15) is 81.8 Å². The number of hydrogen-bond acceptors (Lipinski definition) is 15. The average molecular weight is 683 g/mol. The predicted molar refractivity (Wildman–Crippen MR) is 164 cm³/mol. The zero-order valence-corrected chi connectivity index (χ0v) is 26.7. The van der Waals surface area contributed by atoms with Gasteiger partial charge in [0.05, 0.1) is 59.7 Å². The van der Waals surface area contributed by atoms with Crippen molar-refractivity contribution in [1.29, 1.82) is 0 Å². The first-order chi connectivity index (χ1) is 23.0. The summed E-state index contributed by atoms with van der Waals surface area (Å²) in [4.78, 5) is 72.8. The van der Waals surface area contributed by atoms with E-state index in [2.05, 4.69) is 4.99 Å². The van der Waals surface area contributed by atoms with Crippen LogP contribution < -0.4 is 5.73 Å². The second kappa shape index (κ2) is 11.6. The van der Waals surface area contributed by atoms with Crippen LogP contribution in [0.25, 0.3) is 0 Å². The Balaban J connectivity index is 1.55. The van der Waals surface area contributed by atoms with Crippen LogP contribution in [0.2, 0.25) is 0 Å². The van der Waals surface area contributed by atoms with E-state index in [0.29, 0.717) is 0 Å². The van der Waals surface area contributed by atoms with Crippen molar-refractivity contribution in [3.63, 3.8) is 0 Å². The van der Waals surface area contributed by atoms with Gasteiger partial charge >= 0.3 is 0 Å². The molecule has 4 aliphatic rings. The van der Waals surface area contributed by atoms with Crippen molar-refractivity contribution in [3.8, 4) is 11.5 Å². The van der Waals surface area contributed by atoms with E-state index in [1.807, 2.05) is 0 Å². The zero-order valence-electron chi connectivity index (χ0n) is 26.7. The fraction of sp³-hybridized carbons (Fsp3) is 0.455. The SMILES string of the molecule is CO[C@@H]1[C@@H](O)[C@@H](CO)[C@@H](N=C2CC(=O)c3c(cc4c(c3O)C(=O)[C@]3(OC)[C@H](O)Cc5cc(C)c(C(N)=O)c(O)c5[C@]3(O)C4=O)C2=O)O[C@H]1C. The fourth-order valence-corrected chi connectivity index (χ4v) is 7.90. The lowest BCUT2D eigenvalue weighted by molar-refractivity contribution is -0.206. The Kier molecular flexibility index (Phi) is 8.14. The van der Waals surface area contributed by atoms with Gasteiger partial charge in [-0.15, -0.1) is 0 Å². The number of aliphatic hydroxyl groups is 4. The Morgan fingerprint density at radius 2 is 1.73 bits per heavy atom. The van der Waals surface area contributed by atoms with Gasteiger partial charge in [-0.2, -0.15) is 0 Å². The highest BCUT2D eigenvalue weighted by molar-refractivity contribution is 6.53. The topological polar surface area (TPSA) is 273 Å². The predicted octanol–water partition coefficient (Wildman–Crippen LogP) is -0.987. The van der Waals surface area contributed by atoms with Gasteiger partial charge in [-0.1, -0.05) is 6.07 Å². The van der Waals surface area contributed by atoms with Gasteiger partial charge < -0.3 is 50.6 Å². The highest BCUT2D eigenvalue weighted by Crippen LogP contribution is 2.56. The molecule has 16 nitrogen and oxygen atoms in total. The normalized spacial score (nSPS) is 33.2. The van der Waals surface area contributed by atoms with Crippen molar-refractivity contribution in [2.45, 2.75) is 68.5 Å². The van der Waals surface area contributed by atoms with Gasteiger partial charge in [-0.05, 0) is 31.0 Å². The summed E-state index contributed by atoms with van der Waals surface area (Å²) in [5.74, 6) is -8.85. The fourth-order valence-electron chi connectivity index (χ4n) is 7.90. The van der Waals surface area contributed by atoms with Crippen LogP contribution in [0, 0.1) is 12.8 Å². The quantitative estimate of drug-likeness (QED) is 0.200. The van der Waals surface area contributed by atoms with Crippen LogP contribution in [0.5, 0.6) is 11.5 Å². The van der Waals surface area contributed by atoms with Crippen LogP contribution in [-0.2, 0) is 26.2 Å². The third-order valence-electron chi connectivity index (χ3n) is 10.2. The lowest BCUT2D eigenvalue weighted by atomic mass is 9.56. The third-order valence-corrected chi connectivity index (χ3v) is 10.2. The molecule has 1 heterocycles. The highest BCUT2D eigenvalue weighted by atomic mass is 16.6. The summed E-state index contributed by atoms with van der Waals surface area (Å²) < 4.78 is 16.5. The summed E-state index contributed by atoms with van der Waals surface area (Å²) in [6.45, 7) is 2.36. The van der Waals surface area contributed by atoms with E-state index < -0.39 is 147 Å². The van der Waals surface area contributed by atoms with Crippen LogP contribution in [0.4, 0.5) is 0 Å². The number of phenols is 2. The maximum atomic E-state index is 14.5. The Morgan fingerprint density at radius 1 is 1.06 bits per heavy atom. The van der Waals surface area contributed by atoms with Gasteiger partial charge in [0.1, 0.15) is 17.6 Å². The maximum Gasteiger partial charge on any atom is 0.252 e. The van der Waals surface area contributed by atoms with Gasteiger partial charge in [0.15, 0.2) is 23.2 Å². The number of hydrogen-bond donors (Lipinski definition) is 7. The molecule has 2 aromatic rings. The van der Waals surface area contributed by atoms with E-state index in [0.717, 1.165) is 13.2 Å². The summed E-state index contributed by atoms with van der Waals surface area (Å²) in [5, 5.41) is 67.1. The number of benzene rings is 2. The van der Waals surface area contributed by atoms with Gasteiger partial charge in [0.25, 0.3) is 5.91 Å². The number of fused-ring (bicyclic) bond motifs is 5. The number of primary amides is 1. The standard InChI is InChI=1S/C33H34N2O14/c1-10-5-12-6-18(38)33(48-4)29(44)21-14(28(43)32(33,46)22(12)26(42)19(10)30(34)45)7-13-20(25(21)41)17(37)8-16(23(13)39)35-31-15(9-36)24(40)27(47-3)11(2)49-31/h5,7,11,15,18,24,27,31,36,38,40-42,46H,6,8-9H2,1-4H3,(H2,34,45)/t11-,15+,18+,24-,27-,31-,32-,33+/m0/s1. The van der Waals surface area contributed by atoms with Crippen molar-refractivity contribution in [1.82, 2.24) is 0 Å². The van der Waals surface area contributed by atoms with Crippen molar-refractivity contribution >= 4 is 34.8 Å². The summed E-state index contributed by atoms with van der Waals surface area (Å²) in [6.07, 6.45) is -7.28. The molecule has 6 rings (SSSR count). The molecule has 2 aromatic carbocycles. The molecule has 0 aromatic heterocycles. The second-order valence-electron chi connectivity index (χ2n) is 12.7. The number of ether oxygens (including phenoxy) is 3. The smallest absolute Gasteiger partial charge is 0.252 e. The Morgan fingerprint density at radius 3 is 2.33 bits per heavy atom. The van der Waals surface area contributed by atoms with Crippen LogP contribution in [0.15, 0.2) is 17.1 Å². The summed E-state index contributed by atoms with van der Waals surface area (Å²) in [6, 6.07) is 2.12. The van der Waals surface area contributed by atoms with Crippen molar-refractivity contribution in [2.24, 2.45) is 16.6 Å². The number of amides is 1. The number of nitrogens with two attached hydrogens (primary N) is 1. The van der Waals surface area contributed by atoms with E-state index >= 15 is 0 Å². The first kappa shape index (κ1) is 34.4. The Labute approximate surface area is 277 Å². The summed E-state index contributed by atoms with van der Waals surface area (Å²) in [5.41, 5.74) is -4.84. The first-order valence-corrected chi connectivity index (χ1v) is 15.3. The molecule has 260 valence electrons. The summed E-state index contributed by atoms with van der Waals surface area (Å²) >= 11 is 0. The molecule has 8 N–H and O–H groups in total. The second-order valence-corrected chi connectivity index (χ2v) is 12.7. The molecule has 3 aliphatic carbocycles. The molecule has 16 heteroatoms. The molecular weight excluding hydrogens is 648 g/mol. The minimum Gasteiger partial charge on any atom is -0.507 e. The number of ketones is 4. The van der Waals surface area contributed by atoms with Gasteiger partial charge in [0.2, 0.25) is 17.3 Å². The van der Waals surface area contributed by atoms with Gasteiger partial charge in [-0.3, -0.25) is 29.0 Å². The maximum absolute atomic E-state index is 14.5. The molecule has 0 bridgehead atoms. The number of aliphatic imine (C=N–C) groups is 1. The number of phenolic OH excluding ortho intramolecular Hbond substituents is 1. The number of methoxy groups -OCH3 is 2. The summed E-state index contributed by atoms with van der Waals surface area (Å²) in [7, 11) is 2.24. The molecule has 8 atom stereocenters. The number of rotatable bonds is 5. The van der Waals surface area contributed by atoms with Crippen LogP contribution >= 0.6 is 0 Å². The number of Topliss-reactive ketones (excluding diaryl/α,β-unsaturated/α-hetero) is 4. The van der Waals surface area contributed by atoms with E-state index in [-0.39, 0.29) is 11.1 Å². The number of carbonyl (C=O) groups is 5. The Hall–Kier alpha value is -4.42. The first-order valence-electron chi connectivity index (χ1n) is 15.3. The highest BCUT2D eigenvalue weighted by Gasteiger charge is 2.72. The third kappa shape index (κ3) is 4.35. The number of aliphatic hydroxyl groups excluding tert-OH is 3. The minimum absolute atomic E-state index is 0.0202. The van der Waals surface area contributed by atoms with Gasteiger partial charge in [-0.25, -0.2) is 0 Å². The minimum atomic E-state index is -3.24. The lowest BCUT2D eigenvalue weighted by Crippen LogP contribution is -2.73. The largest absolute Gasteiger partial charge is 0.507 e. The molecule has 0 unspecified atom stereocenters. The molecular formula is C33H34N2O14. The lowest BCUT2D eigenvalue weighted by Gasteiger charge is -2.53. The molecule has 1 aliphatic heterocycles. The average Bonchev–Trinajstić information content (AvgIpc) is 3.02. The van der Waals surface area contributed by atoms with Crippen molar-refractivity contribution in [2.75, 3.05) is 20.8 Å². The zero-order chi connectivity index (χ0) is 36.1. The van der Waals surface area contributed by atoms with E-state index in [1.165, 1.54) is 20.1 Å².